The van der Waals surface area contributed by atoms with Crippen LogP contribution >= 0.6 is 11.8 Å². The Morgan fingerprint density at radius 1 is 1.27 bits per heavy atom. The van der Waals surface area contributed by atoms with Gasteiger partial charge in [-0.05, 0) is 35.3 Å². The van der Waals surface area contributed by atoms with E-state index in [9.17, 15) is 9.90 Å². The molecule has 2 heterocycles. The molecule has 6 heteroatoms. The number of rotatable bonds is 7. The van der Waals surface area contributed by atoms with Gasteiger partial charge in [0.25, 0.3) is 0 Å². The van der Waals surface area contributed by atoms with Crippen LogP contribution < -0.4 is 0 Å². The topological polar surface area (TPSA) is 65.6 Å². The number of hydrogen-bond acceptors (Lipinski definition) is 5. The zero-order valence-corrected chi connectivity index (χ0v) is 17.9. The zero-order chi connectivity index (χ0) is 20.9. The minimum absolute atomic E-state index is 0.0467. The Kier molecular flexibility index (Phi) is 6.45. The Morgan fingerprint density at radius 2 is 2.10 bits per heavy atom. The summed E-state index contributed by atoms with van der Waals surface area (Å²) < 4.78 is 4.72. The van der Waals surface area contributed by atoms with Crippen molar-refractivity contribution in [2.75, 3.05) is 32.5 Å². The highest BCUT2D eigenvalue weighted by molar-refractivity contribution is 7.98. The molecule has 30 heavy (non-hydrogen) atoms. The molecule has 0 bridgehead atoms. The van der Waals surface area contributed by atoms with Gasteiger partial charge in [-0.15, -0.1) is 0 Å². The Morgan fingerprint density at radius 3 is 2.83 bits per heavy atom. The van der Waals surface area contributed by atoms with E-state index in [1.165, 1.54) is 18.2 Å². The van der Waals surface area contributed by atoms with Crippen LogP contribution in [0.4, 0.5) is 0 Å². The van der Waals surface area contributed by atoms with Crippen LogP contribution in [0, 0.1) is 0 Å². The summed E-state index contributed by atoms with van der Waals surface area (Å²) in [6.45, 7) is 3.16. The molecule has 1 aromatic heterocycles. The first kappa shape index (κ1) is 20.6. The van der Waals surface area contributed by atoms with Gasteiger partial charge in [0.05, 0.1) is 7.11 Å². The summed E-state index contributed by atoms with van der Waals surface area (Å²) in [4.78, 5) is 17.4. The number of ether oxygens (including phenoxy) is 1. The SMILES string of the molecule is COC(=O)c1cc2[nH]cc(CSCCN3CC=C(c4ccccc4)CC3)c2cc1O. The second kappa shape index (κ2) is 9.41. The number of aromatic amines is 1. The fourth-order valence-electron chi connectivity index (χ4n) is 3.81. The van der Waals surface area contributed by atoms with Crippen molar-refractivity contribution in [3.63, 3.8) is 0 Å². The third-order valence-electron chi connectivity index (χ3n) is 5.54. The predicted octanol–water partition coefficient (Wildman–Crippen LogP) is 4.68. The predicted molar refractivity (Wildman–Crippen MR) is 123 cm³/mol. The molecule has 0 amide bonds. The van der Waals surface area contributed by atoms with Gasteiger partial charge in [-0.1, -0.05) is 36.4 Å². The number of fused-ring (bicyclic) bond motifs is 1. The molecule has 0 fully saturated rings. The third kappa shape index (κ3) is 4.55. The van der Waals surface area contributed by atoms with Crippen molar-refractivity contribution >= 4 is 34.2 Å². The molecule has 4 rings (SSSR count). The maximum Gasteiger partial charge on any atom is 0.341 e. The number of nitrogens with zero attached hydrogens (tertiary/aromatic N) is 1. The maximum atomic E-state index is 11.7. The van der Waals surface area contributed by atoms with E-state index in [0.717, 1.165) is 54.0 Å². The number of phenolic OH excluding ortho intramolecular Hbond substituents is 1. The van der Waals surface area contributed by atoms with E-state index >= 15 is 0 Å². The Labute approximate surface area is 180 Å². The largest absolute Gasteiger partial charge is 0.507 e. The molecule has 2 N–H and O–H groups in total. The van der Waals surface area contributed by atoms with Gasteiger partial charge in [0, 0.05) is 48.2 Å². The minimum atomic E-state index is -0.536. The number of aromatic hydroxyl groups is 1. The number of hydrogen-bond donors (Lipinski definition) is 2. The number of phenols is 1. The van der Waals surface area contributed by atoms with Crippen molar-refractivity contribution in [3.05, 3.63) is 71.4 Å². The molecule has 0 saturated carbocycles. The van der Waals surface area contributed by atoms with Crippen molar-refractivity contribution < 1.29 is 14.6 Å². The van der Waals surface area contributed by atoms with E-state index in [0.29, 0.717) is 0 Å². The van der Waals surface area contributed by atoms with E-state index in [-0.39, 0.29) is 11.3 Å². The lowest BCUT2D eigenvalue weighted by Crippen LogP contribution is -2.30. The van der Waals surface area contributed by atoms with Gasteiger partial charge in [0.2, 0.25) is 0 Å². The van der Waals surface area contributed by atoms with E-state index < -0.39 is 5.97 Å². The van der Waals surface area contributed by atoms with Gasteiger partial charge in [-0.2, -0.15) is 11.8 Å². The molecule has 2 aromatic carbocycles. The van der Waals surface area contributed by atoms with Gasteiger partial charge in [-0.3, -0.25) is 4.90 Å². The van der Waals surface area contributed by atoms with E-state index in [2.05, 4.69) is 46.3 Å². The zero-order valence-electron chi connectivity index (χ0n) is 17.1. The molecule has 0 spiro atoms. The molecule has 0 atom stereocenters. The highest BCUT2D eigenvalue weighted by Gasteiger charge is 2.16. The van der Waals surface area contributed by atoms with Crippen LogP contribution in [-0.4, -0.2) is 53.5 Å². The first-order chi connectivity index (χ1) is 14.7. The van der Waals surface area contributed by atoms with Gasteiger partial charge in [0.15, 0.2) is 0 Å². The lowest BCUT2D eigenvalue weighted by molar-refractivity contribution is 0.0597. The van der Waals surface area contributed by atoms with Crippen LogP contribution in [0.2, 0.25) is 0 Å². The summed E-state index contributed by atoms with van der Waals surface area (Å²) in [5.74, 6) is 1.32. The Hall–Kier alpha value is -2.70. The van der Waals surface area contributed by atoms with Gasteiger partial charge < -0.3 is 14.8 Å². The molecule has 0 radical (unpaired) electrons. The Bertz CT molecular complexity index is 1060. The van der Waals surface area contributed by atoms with Crippen LogP contribution in [0.5, 0.6) is 5.75 Å². The summed E-state index contributed by atoms with van der Waals surface area (Å²) in [6, 6.07) is 13.9. The van der Waals surface area contributed by atoms with Crippen LogP contribution in [0.1, 0.15) is 27.9 Å². The van der Waals surface area contributed by atoms with Crippen LogP contribution in [0.25, 0.3) is 16.5 Å². The Balaban J connectivity index is 1.29. The summed E-state index contributed by atoms with van der Waals surface area (Å²) in [6.07, 6.45) is 5.40. The van der Waals surface area contributed by atoms with Crippen molar-refractivity contribution in [1.82, 2.24) is 9.88 Å². The summed E-state index contributed by atoms with van der Waals surface area (Å²) in [7, 11) is 1.31. The number of carbonyl (C=O) groups is 1. The molecule has 0 saturated heterocycles. The quantitative estimate of drug-likeness (QED) is 0.427. The van der Waals surface area contributed by atoms with E-state index in [4.69, 9.17) is 4.74 Å². The average Bonchev–Trinajstić information content (AvgIpc) is 3.18. The second-order valence-electron chi connectivity index (χ2n) is 7.42. The minimum Gasteiger partial charge on any atom is -0.507 e. The number of methoxy groups -OCH3 is 1. The maximum absolute atomic E-state index is 11.7. The molecule has 0 aliphatic carbocycles. The molecule has 156 valence electrons. The molecular weight excluding hydrogens is 396 g/mol. The normalized spacial score (nSPS) is 14.6. The summed E-state index contributed by atoms with van der Waals surface area (Å²) in [5, 5.41) is 11.1. The second-order valence-corrected chi connectivity index (χ2v) is 8.52. The highest BCUT2D eigenvalue weighted by Crippen LogP contribution is 2.30. The standard InChI is InChI=1S/C24H26N2O3S/c1-29-24(28)21-13-22-20(14-23(21)27)19(15-25-22)16-30-12-11-26-9-7-18(8-10-26)17-5-3-2-4-6-17/h2-7,13-15,25,27H,8-12,16H2,1H3. The number of nitrogens with one attached hydrogen (secondary N) is 1. The number of H-pyrrole nitrogens is 1. The first-order valence-corrected chi connectivity index (χ1v) is 11.3. The van der Waals surface area contributed by atoms with Gasteiger partial charge in [-0.25, -0.2) is 4.79 Å². The van der Waals surface area contributed by atoms with Crippen molar-refractivity contribution in [2.24, 2.45) is 0 Å². The number of esters is 1. The van der Waals surface area contributed by atoms with Crippen LogP contribution in [0.15, 0.2) is 54.7 Å². The molecule has 5 nitrogen and oxygen atoms in total. The number of aromatic nitrogens is 1. The monoisotopic (exact) mass is 422 g/mol. The molecule has 3 aromatic rings. The number of carbonyl (C=O) groups excluding carboxylic acids is 1. The molecule has 0 unspecified atom stereocenters. The molecule has 1 aliphatic heterocycles. The lowest BCUT2D eigenvalue weighted by Gasteiger charge is -2.26. The highest BCUT2D eigenvalue weighted by atomic mass is 32.2. The molecular formula is C24H26N2O3S. The first-order valence-electron chi connectivity index (χ1n) is 10.1. The van der Waals surface area contributed by atoms with Crippen molar-refractivity contribution in [2.45, 2.75) is 12.2 Å². The van der Waals surface area contributed by atoms with E-state index in [1.807, 2.05) is 18.0 Å². The summed E-state index contributed by atoms with van der Waals surface area (Å²) >= 11 is 1.88. The third-order valence-corrected chi connectivity index (χ3v) is 6.52. The molecule has 1 aliphatic rings. The van der Waals surface area contributed by atoms with Gasteiger partial charge in [0.1, 0.15) is 11.3 Å². The fraction of sp³-hybridized carbons (Fsp3) is 0.292. The summed E-state index contributed by atoms with van der Waals surface area (Å²) in [5.41, 5.74) is 4.93. The van der Waals surface area contributed by atoms with Crippen molar-refractivity contribution in [1.29, 1.82) is 0 Å². The smallest absolute Gasteiger partial charge is 0.341 e. The van der Waals surface area contributed by atoms with Crippen LogP contribution in [-0.2, 0) is 10.5 Å². The van der Waals surface area contributed by atoms with Crippen LogP contribution in [0.3, 0.4) is 0 Å². The van der Waals surface area contributed by atoms with Crippen molar-refractivity contribution in [3.8, 4) is 5.75 Å². The van der Waals surface area contributed by atoms with Gasteiger partial charge >= 0.3 is 5.97 Å². The average molecular weight is 423 g/mol. The number of benzene rings is 2. The fourth-order valence-corrected chi connectivity index (χ4v) is 4.80. The van der Waals surface area contributed by atoms with E-state index in [1.54, 1.807) is 12.1 Å². The lowest BCUT2D eigenvalue weighted by atomic mass is 10.00. The number of thioether (sulfide) groups is 1.